The van der Waals surface area contributed by atoms with Gasteiger partial charge in [0.05, 0.1) is 11.2 Å². The van der Waals surface area contributed by atoms with Gasteiger partial charge in [0.1, 0.15) is 6.33 Å². The van der Waals surface area contributed by atoms with Crippen LogP contribution < -0.4 is 5.73 Å². The van der Waals surface area contributed by atoms with E-state index in [-0.39, 0.29) is 0 Å². The molecule has 0 radical (unpaired) electrons. The number of rotatable bonds is 2. The van der Waals surface area contributed by atoms with Crippen molar-refractivity contribution in [3.05, 3.63) is 35.2 Å². The highest BCUT2D eigenvalue weighted by molar-refractivity contribution is 6.31. The first kappa shape index (κ1) is 9.37. The van der Waals surface area contributed by atoms with Crippen LogP contribution in [0.15, 0.2) is 24.5 Å². The fourth-order valence-corrected chi connectivity index (χ4v) is 1.59. The minimum absolute atomic E-state index is 0.582. The molecule has 2 aromatic rings. The predicted molar refractivity (Wildman–Crippen MR) is 57.3 cm³/mol. The molecule has 2 N–H and O–H groups in total. The Morgan fingerprint density at radius 3 is 2.93 bits per heavy atom. The number of nitrogens with zero attached hydrogens (tertiary/aromatic N) is 2. The first-order chi connectivity index (χ1) is 6.81. The Morgan fingerprint density at radius 2 is 2.14 bits per heavy atom. The molecule has 0 fully saturated rings. The van der Waals surface area contributed by atoms with Crippen LogP contribution in [0.2, 0.25) is 5.02 Å². The number of benzene rings is 1. The van der Waals surface area contributed by atoms with Crippen molar-refractivity contribution in [2.45, 2.75) is 6.42 Å². The summed E-state index contributed by atoms with van der Waals surface area (Å²) in [5, 5.41) is 1.69. The fraction of sp³-hybridized carbons (Fsp3) is 0.200. The molecule has 0 aliphatic rings. The number of hydrogen-bond acceptors (Lipinski definition) is 3. The zero-order chi connectivity index (χ0) is 9.97. The summed E-state index contributed by atoms with van der Waals surface area (Å²) in [5.74, 6) is 0. The normalized spacial score (nSPS) is 10.7. The van der Waals surface area contributed by atoms with Gasteiger partial charge in [0, 0.05) is 16.8 Å². The van der Waals surface area contributed by atoms with Crippen LogP contribution in [-0.2, 0) is 6.42 Å². The highest BCUT2D eigenvalue weighted by atomic mass is 35.5. The standard InChI is InChI=1S/C10H10ClN3/c11-7-1-2-9-8(5-7)10(3-4-12)14-6-13-9/h1-2,5-6H,3-4,12H2. The van der Waals surface area contributed by atoms with Crippen LogP contribution in [-0.4, -0.2) is 16.5 Å². The lowest BCUT2D eigenvalue weighted by atomic mass is 10.1. The van der Waals surface area contributed by atoms with Crippen molar-refractivity contribution in [1.29, 1.82) is 0 Å². The molecule has 72 valence electrons. The largest absolute Gasteiger partial charge is 0.330 e. The molecule has 4 heteroatoms. The smallest absolute Gasteiger partial charge is 0.116 e. The maximum atomic E-state index is 5.90. The van der Waals surface area contributed by atoms with Gasteiger partial charge < -0.3 is 5.73 Å². The van der Waals surface area contributed by atoms with E-state index in [9.17, 15) is 0 Å². The van der Waals surface area contributed by atoms with E-state index in [1.807, 2.05) is 18.2 Å². The van der Waals surface area contributed by atoms with Crippen LogP contribution in [0.3, 0.4) is 0 Å². The van der Waals surface area contributed by atoms with Crippen LogP contribution in [0.4, 0.5) is 0 Å². The molecule has 0 aliphatic carbocycles. The van der Waals surface area contributed by atoms with Gasteiger partial charge in [0.2, 0.25) is 0 Å². The first-order valence-electron chi connectivity index (χ1n) is 4.40. The van der Waals surface area contributed by atoms with Crippen LogP contribution in [0.25, 0.3) is 10.9 Å². The van der Waals surface area contributed by atoms with Gasteiger partial charge in [-0.1, -0.05) is 11.6 Å². The van der Waals surface area contributed by atoms with Gasteiger partial charge in [-0.25, -0.2) is 9.97 Å². The summed E-state index contributed by atoms with van der Waals surface area (Å²) in [6, 6.07) is 5.59. The molecule has 0 bridgehead atoms. The molecule has 0 amide bonds. The second-order valence-corrected chi connectivity index (χ2v) is 3.46. The van der Waals surface area contributed by atoms with Crippen molar-refractivity contribution in [2.24, 2.45) is 5.73 Å². The van der Waals surface area contributed by atoms with E-state index in [1.54, 1.807) is 6.33 Å². The molecule has 0 aliphatic heterocycles. The van der Waals surface area contributed by atoms with Gasteiger partial charge in [-0.15, -0.1) is 0 Å². The third-order valence-corrected chi connectivity index (χ3v) is 2.30. The Hall–Kier alpha value is -1.19. The average Bonchev–Trinajstić information content (AvgIpc) is 2.19. The highest BCUT2D eigenvalue weighted by Crippen LogP contribution is 2.19. The molecule has 0 saturated carbocycles. The van der Waals surface area contributed by atoms with Crippen LogP contribution in [0.5, 0.6) is 0 Å². The summed E-state index contributed by atoms with van der Waals surface area (Å²) in [5.41, 5.74) is 7.36. The molecule has 0 spiro atoms. The topological polar surface area (TPSA) is 51.8 Å². The van der Waals surface area contributed by atoms with Gasteiger partial charge in [-0.2, -0.15) is 0 Å². The van der Waals surface area contributed by atoms with Gasteiger partial charge in [-0.3, -0.25) is 0 Å². The molecule has 1 aromatic carbocycles. The molecule has 1 heterocycles. The van der Waals surface area contributed by atoms with Gasteiger partial charge in [-0.05, 0) is 24.7 Å². The number of halogens is 1. The van der Waals surface area contributed by atoms with E-state index in [2.05, 4.69) is 9.97 Å². The zero-order valence-electron chi connectivity index (χ0n) is 7.57. The van der Waals surface area contributed by atoms with Crippen LogP contribution in [0.1, 0.15) is 5.69 Å². The number of nitrogens with two attached hydrogens (primary N) is 1. The molecule has 0 unspecified atom stereocenters. The molecule has 14 heavy (non-hydrogen) atoms. The van der Waals surface area contributed by atoms with E-state index < -0.39 is 0 Å². The van der Waals surface area contributed by atoms with Crippen molar-refractivity contribution >= 4 is 22.5 Å². The Kier molecular flexibility index (Phi) is 2.61. The maximum Gasteiger partial charge on any atom is 0.116 e. The van der Waals surface area contributed by atoms with E-state index in [1.165, 1.54) is 0 Å². The quantitative estimate of drug-likeness (QED) is 0.817. The first-order valence-corrected chi connectivity index (χ1v) is 4.78. The van der Waals surface area contributed by atoms with Gasteiger partial charge in [0.15, 0.2) is 0 Å². The molecule has 0 saturated heterocycles. The summed E-state index contributed by atoms with van der Waals surface area (Å²) in [6.45, 7) is 0.582. The minimum Gasteiger partial charge on any atom is -0.330 e. The van der Waals surface area contributed by atoms with Crippen molar-refractivity contribution in [3.63, 3.8) is 0 Å². The van der Waals surface area contributed by atoms with E-state index in [0.717, 1.165) is 23.0 Å². The molecule has 1 aromatic heterocycles. The van der Waals surface area contributed by atoms with Crippen molar-refractivity contribution in [3.8, 4) is 0 Å². The van der Waals surface area contributed by atoms with E-state index >= 15 is 0 Å². The third kappa shape index (κ3) is 1.69. The lowest BCUT2D eigenvalue weighted by Crippen LogP contribution is -2.05. The van der Waals surface area contributed by atoms with Crippen molar-refractivity contribution in [2.75, 3.05) is 6.54 Å². The van der Waals surface area contributed by atoms with Gasteiger partial charge >= 0.3 is 0 Å². The van der Waals surface area contributed by atoms with Crippen LogP contribution >= 0.6 is 11.6 Å². The Bertz CT molecular complexity index is 456. The second kappa shape index (κ2) is 3.90. The van der Waals surface area contributed by atoms with Crippen molar-refractivity contribution < 1.29 is 0 Å². The SMILES string of the molecule is NCCc1ncnc2ccc(Cl)cc12. The van der Waals surface area contributed by atoms with E-state index in [4.69, 9.17) is 17.3 Å². The predicted octanol–water partition coefficient (Wildman–Crippen LogP) is 1.78. The minimum atomic E-state index is 0.582. The molecule has 3 nitrogen and oxygen atoms in total. The number of fused-ring (bicyclic) bond motifs is 1. The molecular weight excluding hydrogens is 198 g/mol. The second-order valence-electron chi connectivity index (χ2n) is 3.02. The number of aromatic nitrogens is 2. The molecule has 0 atom stereocenters. The Labute approximate surface area is 86.9 Å². The van der Waals surface area contributed by atoms with Crippen LogP contribution in [0, 0.1) is 0 Å². The lowest BCUT2D eigenvalue weighted by Gasteiger charge is -2.03. The lowest BCUT2D eigenvalue weighted by molar-refractivity contribution is 0.926. The molecule has 2 rings (SSSR count). The summed E-state index contributed by atoms with van der Waals surface area (Å²) in [4.78, 5) is 8.34. The monoisotopic (exact) mass is 207 g/mol. The Balaban J connectivity index is 2.64. The highest BCUT2D eigenvalue weighted by Gasteiger charge is 2.02. The zero-order valence-corrected chi connectivity index (χ0v) is 8.33. The molecular formula is C10H10ClN3. The van der Waals surface area contributed by atoms with Gasteiger partial charge in [0.25, 0.3) is 0 Å². The summed E-state index contributed by atoms with van der Waals surface area (Å²) < 4.78 is 0. The maximum absolute atomic E-state index is 5.90. The third-order valence-electron chi connectivity index (χ3n) is 2.06. The fourth-order valence-electron chi connectivity index (χ4n) is 1.42. The Morgan fingerprint density at radius 1 is 1.29 bits per heavy atom. The summed E-state index contributed by atoms with van der Waals surface area (Å²) in [6.07, 6.45) is 2.31. The summed E-state index contributed by atoms with van der Waals surface area (Å²) >= 11 is 5.90. The summed E-state index contributed by atoms with van der Waals surface area (Å²) in [7, 11) is 0. The average molecular weight is 208 g/mol. The van der Waals surface area contributed by atoms with E-state index in [0.29, 0.717) is 11.6 Å². The van der Waals surface area contributed by atoms with Crippen molar-refractivity contribution in [1.82, 2.24) is 9.97 Å². The number of hydrogen-bond donors (Lipinski definition) is 1.